The van der Waals surface area contributed by atoms with Crippen LogP contribution in [0.1, 0.15) is 31.0 Å². The lowest BCUT2D eigenvalue weighted by molar-refractivity contribution is 0.376. The van der Waals surface area contributed by atoms with Crippen molar-refractivity contribution in [1.82, 2.24) is 0 Å². The van der Waals surface area contributed by atoms with Gasteiger partial charge in [0.2, 0.25) is 0 Å². The molecule has 106 valence electrons. The molecule has 2 rings (SSSR count). The third kappa shape index (κ3) is 3.11. The number of para-hydroxylation sites is 1. The largest absolute Gasteiger partial charge is 0.493 e. The number of hydrogen-bond donors (Lipinski definition) is 1. The van der Waals surface area contributed by atoms with Gasteiger partial charge in [0.1, 0.15) is 5.75 Å². The van der Waals surface area contributed by atoms with Crippen LogP contribution < -0.4 is 15.2 Å². The van der Waals surface area contributed by atoms with Crippen molar-refractivity contribution in [2.75, 3.05) is 7.11 Å². The van der Waals surface area contributed by atoms with Crippen LogP contribution in [0.4, 0.5) is 0 Å². The first kappa shape index (κ1) is 14.4. The number of benzene rings is 2. The molecule has 0 saturated heterocycles. The van der Waals surface area contributed by atoms with Crippen LogP contribution >= 0.6 is 0 Å². The SMILES string of the molecule is CCc1ccc(Oc2ccccc2C(C)N)c(OC)c1. The molecule has 0 aliphatic carbocycles. The molecule has 0 aliphatic heterocycles. The predicted molar refractivity (Wildman–Crippen MR) is 81.5 cm³/mol. The molecule has 0 spiro atoms. The first-order valence-corrected chi connectivity index (χ1v) is 6.85. The van der Waals surface area contributed by atoms with Gasteiger partial charge in [0.25, 0.3) is 0 Å². The molecule has 0 radical (unpaired) electrons. The van der Waals surface area contributed by atoms with Crippen molar-refractivity contribution in [3.63, 3.8) is 0 Å². The van der Waals surface area contributed by atoms with Crippen LogP contribution in [0.5, 0.6) is 17.2 Å². The third-order valence-electron chi connectivity index (χ3n) is 3.27. The van der Waals surface area contributed by atoms with Gasteiger partial charge in [-0.05, 0) is 37.1 Å². The van der Waals surface area contributed by atoms with Gasteiger partial charge in [-0.2, -0.15) is 0 Å². The third-order valence-corrected chi connectivity index (χ3v) is 3.27. The van der Waals surface area contributed by atoms with Crippen molar-refractivity contribution >= 4 is 0 Å². The number of ether oxygens (including phenoxy) is 2. The number of nitrogens with two attached hydrogens (primary N) is 1. The Balaban J connectivity index is 2.35. The number of methoxy groups -OCH3 is 1. The van der Waals surface area contributed by atoms with Crippen molar-refractivity contribution in [2.24, 2.45) is 5.73 Å². The highest BCUT2D eigenvalue weighted by Gasteiger charge is 2.11. The van der Waals surface area contributed by atoms with Gasteiger partial charge >= 0.3 is 0 Å². The minimum absolute atomic E-state index is 0.0768. The highest BCUT2D eigenvalue weighted by Crippen LogP contribution is 2.35. The van der Waals surface area contributed by atoms with E-state index in [9.17, 15) is 0 Å². The summed E-state index contributed by atoms with van der Waals surface area (Å²) in [7, 11) is 1.65. The molecule has 3 nitrogen and oxygen atoms in total. The van der Waals surface area contributed by atoms with Crippen LogP contribution in [-0.2, 0) is 6.42 Å². The van der Waals surface area contributed by atoms with Gasteiger partial charge in [-0.25, -0.2) is 0 Å². The van der Waals surface area contributed by atoms with Gasteiger partial charge in [-0.1, -0.05) is 31.2 Å². The van der Waals surface area contributed by atoms with Crippen LogP contribution in [0.25, 0.3) is 0 Å². The maximum absolute atomic E-state index is 5.99. The van der Waals surface area contributed by atoms with Crippen molar-refractivity contribution in [1.29, 1.82) is 0 Å². The Labute approximate surface area is 120 Å². The Morgan fingerprint density at radius 1 is 1.05 bits per heavy atom. The fraction of sp³-hybridized carbons (Fsp3) is 0.294. The lowest BCUT2D eigenvalue weighted by Crippen LogP contribution is -2.06. The Bertz CT molecular complexity index is 579. The van der Waals surface area contributed by atoms with Gasteiger partial charge in [-0.3, -0.25) is 0 Å². The van der Waals surface area contributed by atoms with E-state index in [2.05, 4.69) is 6.92 Å². The van der Waals surface area contributed by atoms with Gasteiger partial charge < -0.3 is 15.2 Å². The van der Waals surface area contributed by atoms with E-state index in [1.165, 1.54) is 5.56 Å². The monoisotopic (exact) mass is 271 g/mol. The summed E-state index contributed by atoms with van der Waals surface area (Å²) in [5.41, 5.74) is 8.17. The standard InChI is InChI=1S/C17H21NO2/c1-4-13-9-10-16(17(11-13)19-3)20-15-8-6-5-7-14(15)12(2)18/h5-12H,4,18H2,1-3H3. The zero-order valence-corrected chi connectivity index (χ0v) is 12.2. The molecule has 0 fully saturated rings. The Kier molecular flexibility index (Phi) is 4.64. The van der Waals surface area contributed by atoms with E-state index in [1.807, 2.05) is 49.4 Å². The summed E-state index contributed by atoms with van der Waals surface area (Å²) >= 11 is 0. The number of aryl methyl sites for hydroxylation is 1. The van der Waals surface area contributed by atoms with Crippen molar-refractivity contribution in [3.8, 4) is 17.2 Å². The van der Waals surface area contributed by atoms with Gasteiger partial charge in [-0.15, -0.1) is 0 Å². The summed E-state index contributed by atoms with van der Waals surface area (Å²) in [5, 5.41) is 0. The van der Waals surface area contributed by atoms with E-state index < -0.39 is 0 Å². The van der Waals surface area contributed by atoms with E-state index in [-0.39, 0.29) is 6.04 Å². The second-order valence-electron chi connectivity index (χ2n) is 4.77. The molecule has 1 unspecified atom stereocenters. The Morgan fingerprint density at radius 2 is 1.80 bits per heavy atom. The zero-order chi connectivity index (χ0) is 14.5. The smallest absolute Gasteiger partial charge is 0.169 e. The second-order valence-corrected chi connectivity index (χ2v) is 4.77. The molecule has 2 N–H and O–H groups in total. The highest BCUT2D eigenvalue weighted by atomic mass is 16.5. The van der Waals surface area contributed by atoms with E-state index in [4.69, 9.17) is 15.2 Å². The molecular weight excluding hydrogens is 250 g/mol. The second kappa shape index (κ2) is 6.44. The molecule has 3 heteroatoms. The summed E-state index contributed by atoms with van der Waals surface area (Å²) in [6, 6.07) is 13.7. The molecule has 0 bridgehead atoms. The first-order valence-electron chi connectivity index (χ1n) is 6.85. The quantitative estimate of drug-likeness (QED) is 0.891. The van der Waals surface area contributed by atoms with Crippen LogP contribution in [0.15, 0.2) is 42.5 Å². The molecule has 2 aromatic rings. The fourth-order valence-corrected chi connectivity index (χ4v) is 2.08. The molecule has 20 heavy (non-hydrogen) atoms. The summed E-state index contributed by atoms with van der Waals surface area (Å²) in [6.45, 7) is 4.06. The minimum Gasteiger partial charge on any atom is -0.493 e. The van der Waals surface area contributed by atoms with E-state index in [0.717, 1.165) is 23.5 Å². The van der Waals surface area contributed by atoms with E-state index >= 15 is 0 Å². The maximum atomic E-state index is 5.99. The predicted octanol–water partition coefficient (Wildman–Crippen LogP) is 4.07. The lowest BCUT2D eigenvalue weighted by atomic mass is 10.1. The molecule has 0 heterocycles. The molecule has 0 amide bonds. The van der Waals surface area contributed by atoms with Crippen LogP contribution in [0.2, 0.25) is 0 Å². The van der Waals surface area contributed by atoms with Gasteiger partial charge in [0.15, 0.2) is 11.5 Å². The van der Waals surface area contributed by atoms with Crippen LogP contribution in [0, 0.1) is 0 Å². The minimum atomic E-state index is -0.0768. The maximum Gasteiger partial charge on any atom is 0.169 e. The molecule has 0 saturated carbocycles. The summed E-state index contributed by atoms with van der Waals surface area (Å²) in [5.74, 6) is 2.21. The summed E-state index contributed by atoms with van der Waals surface area (Å²) < 4.78 is 11.4. The molecule has 0 aliphatic rings. The van der Waals surface area contributed by atoms with Crippen molar-refractivity contribution in [3.05, 3.63) is 53.6 Å². The number of rotatable bonds is 5. The number of hydrogen-bond acceptors (Lipinski definition) is 3. The topological polar surface area (TPSA) is 44.5 Å². The molecule has 2 aromatic carbocycles. The van der Waals surface area contributed by atoms with Crippen molar-refractivity contribution < 1.29 is 9.47 Å². The van der Waals surface area contributed by atoms with Crippen LogP contribution in [0.3, 0.4) is 0 Å². The highest BCUT2D eigenvalue weighted by molar-refractivity contribution is 5.47. The van der Waals surface area contributed by atoms with E-state index in [0.29, 0.717) is 5.75 Å². The average Bonchev–Trinajstić information content (AvgIpc) is 2.48. The van der Waals surface area contributed by atoms with E-state index in [1.54, 1.807) is 7.11 Å². The first-order chi connectivity index (χ1) is 9.65. The molecule has 0 aromatic heterocycles. The van der Waals surface area contributed by atoms with Crippen molar-refractivity contribution in [2.45, 2.75) is 26.3 Å². The lowest BCUT2D eigenvalue weighted by Gasteiger charge is -2.16. The van der Waals surface area contributed by atoms with Gasteiger partial charge in [0, 0.05) is 11.6 Å². The summed E-state index contributed by atoms with van der Waals surface area (Å²) in [4.78, 5) is 0. The van der Waals surface area contributed by atoms with Gasteiger partial charge in [0.05, 0.1) is 7.11 Å². The molecular formula is C17H21NO2. The summed E-state index contributed by atoms with van der Waals surface area (Å²) in [6.07, 6.45) is 0.965. The molecule has 1 atom stereocenters. The average molecular weight is 271 g/mol. The Morgan fingerprint density at radius 3 is 2.45 bits per heavy atom. The normalized spacial score (nSPS) is 12.0. The zero-order valence-electron chi connectivity index (χ0n) is 12.2. The van der Waals surface area contributed by atoms with Crippen LogP contribution in [-0.4, -0.2) is 7.11 Å². The Hall–Kier alpha value is -2.00. The fourth-order valence-electron chi connectivity index (χ4n) is 2.08.